The van der Waals surface area contributed by atoms with Gasteiger partial charge in [0.25, 0.3) is 11.5 Å². The minimum Gasteiger partial charge on any atom is -0.336 e. The van der Waals surface area contributed by atoms with Crippen molar-refractivity contribution in [2.24, 2.45) is 0 Å². The van der Waals surface area contributed by atoms with Gasteiger partial charge in [-0.3, -0.25) is 19.1 Å². The lowest BCUT2D eigenvalue weighted by Crippen LogP contribution is -2.48. The molecule has 4 aromatic rings. The molecule has 0 spiro atoms. The second-order valence-corrected chi connectivity index (χ2v) is 9.07. The van der Waals surface area contributed by atoms with E-state index in [1.807, 2.05) is 70.9 Å². The molecule has 2 aromatic heterocycles. The monoisotopic (exact) mass is 469 g/mol. The summed E-state index contributed by atoms with van der Waals surface area (Å²) in [5.41, 5.74) is 2.32. The second-order valence-electron chi connectivity index (χ2n) is 8.21. The summed E-state index contributed by atoms with van der Waals surface area (Å²) < 4.78 is 1.49. The molecule has 1 amide bonds. The van der Waals surface area contributed by atoms with Gasteiger partial charge < -0.3 is 4.90 Å². The van der Waals surface area contributed by atoms with Crippen LogP contribution in [-0.4, -0.2) is 51.4 Å². The maximum absolute atomic E-state index is 13.4. The fourth-order valence-corrected chi connectivity index (χ4v) is 5.28. The average Bonchev–Trinajstić information content (AvgIpc) is 3.31. The SMILES string of the molecule is N#CCn1c(CN2CCN(C(=O)c3ccccc3)CC2)nc2scc(-c3ccccc3)c2c1=O. The van der Waals surface area contributed by atoms with Gasteiger partial charge in [0.2, 0.25) is 0 Å². The summed E-state index contributed by atoms with van der Waals surface area (Å²) in [4.78, 5) is 35.7. The molecular weight excluding hydrogens is 446 g/mol. The van der Waals surface area contributed by atoms with Gasteiger partial charge in [0.05, 0.1) is 18.0 Å². The molecule has 1 aliphatic rings. The fourth-order valence-electron chi connectivity index (χ4n) is 4.32. The topological polar surface area (TPSA) is 82.2 Å². The first kappa shape index (κ1) is 22.0. The molecular formula is C26H23N5O2S. The van der Waals surface area contributed by atoms with Gasteiger partial charge in [0.15, 0.2) is 0 Å². The molecule has 5 rings (SSSR count). The Hall–Kier alpha value is -3.80. The highest BCUT2D eigenvalue weighted by Gasteiger charge is 2.24. The Morgan fingerprint density at radius 1 is 1.00 bits per heavy atom. The Bertz CT molecular complexity index is 1410. The normalized spacial score (nSPS) is 14.3. The summed E-state index contributed by atoms with van der Waals surface area (Å²) in [5, 5.41) is 11.9. The molecule has 8 heteroatoms. The van der Waals surface area contributed by atoms with Crippen molar-refractivity contribution in [2.45, 2.75) is 13.1 Å². The summed E-state index contributed by atoms with van der Waals surface area (Å²) in [6.45, 7) is 2.98. The van der Waals surface area contributed by atoms with Crippen LogP contribution in [0.2, 0.25) is 0 Å². The third kappa shape index (κ3) is 4.23. The summed E-state index contributed by atoms with van der Waals surface area (Å²) in [6.07, 6.45) is 0. The molecule has 34 heavy (non-hydrogen) atoms. The number of piperazine rings is 1. The number of carbonyl (C=O) groups excluding carboxylic acids is 1. The zero-order valence-corrected chi connectivity index (χ0v) is 19.4. The molecule has 0 bridgehead atoms. The molecule has 170 valence electrons. The van der Waals surface area contributed by atoms with Crippen molar-refractivity contribution in [1.82, 2.24) is 19.4 Å². The van der Waals surface area contributed by atoms with E-state index >= 15 is 0 Å². The van der Waals surface area contributed by atoms with Crippen molar-refractivity contribution in [3.8, 4) is 17.2 Å². The molecule has 1 aliphatic heterocycles. The number of hydrogen-bond acceptors (Lipinski definition) is 6. The Morgan fingerprint density at radius 2 is 1.68 bits per heavy atom. The Kier molecular flexibility index (Phi) is 6.21. The van der Waals surface area contributed by atoms with E-state index in [4.69, 9.17) is 4.98 Å². The molecule has 2 aromatic carbocycles. The smallest absolute Gasteiger partial charge is 0.263 e. The van der Waals surface area contributed by atoms with E-state index in [1.165, 1.54) is 15.9 Å². The van der Waals surface area contributed by atoms with Gasteiger partial charge in [-0.2, -0.15) is 5.26 Å². The summed E-state index contributed by atoms with van der Waals surface area (Å²) in [7, 11) is 0. The first-order chi connectivity index (χ1) is 16.7. The van der Waals surface area contributed by atoms with Gasteiger partial charge in [0, 0.05) is 42.7 Å². The fraction of sp³-hybridized carbons (Fsp3) is 0.231. The maximum Gasteiger partial charge on any atom is 0.263 e. The molecule has 0 atom stereocenters. The van der Waals surface area contributed by atoms with Crippen LogP contribution in [0, 0.1) is 11.3 Å². The lowest BCUT2D eigenvalue weighted by atomic mass is 10.1. The van der Waals surface area contributed by atoms with Crippen LogP contribution in [0.15, 0.2) is 70.8 Å². The van der Waals surface area contributed by atoms with Crippen molar-refractivity contribution in [1.29, 1.82) is 5.26 Å². The van der Waals surface area contributed by atoms with E-state index in [0.717, 1.165) is 11.1 Å². The van der Waals surface area contributed by atoms with E-state index in [1.54, 1.807) is 0 Å². The molecule has 0 unspecified atom stereocenters. The minimum absolute atomic E-state index is 0.0354. The third-order valence-corrected chi connectivity index (χ3v) is 7.00. The highest BCUT2D eigenvalue weighted by molar-refractivity contribution is 7.17. The predicted molar refractivity (Wildman–Crippen MR) is 133 cm³/mol. The average molecular weight is 470 g/mol. The number of fused-ring (bicyclic) bond motifs is 1. The first-order valence-corrected chi connectivity index (χ1v) is 12.0. The van der Waals surface area contributed by atoms with Gasteiger partial charge in [-0.15, -0.1) is 11.3 Å². The highest BCUT2D eigenvalue weighted by Crippen LogP contribution is 2.31. The predicted octanol–water partition coefficient (Wildman–Crippen LogP) is 3.61. The molecule has 1 fully saturated rings. The number of nitriles is 1. The van der Waals surface area contributed by atoms with E-state index in [2.05, 4.69) is 11.0 Å². The van der Waals surface area contributed by atoms with Crippen LogP contribution >= 0.6 is 11.3 Å². The van der Waals surface area contributed by atoms with Gasteiger partial charge in [-0.1, -0.05) is 48.5 Å². The number of rotatable bonds is 5. The summed E-state index contributed by atoms with van der Waals surface area (Å²) in [5.74, 6) is 0.622. The zero-order chi connectivity index (χ0) is 23.5. The van der Waals surface area contributed by atoms with E-state index in [0.29, 0.717) is 54.3 Å². The largest absolute Gasteiger partial charge is 0.336 e. The standard InChI is InChI=1S/C26H23N5O2S/c27-11-12-31-22(17-29-13-15-30(16-14-29)25(32)20-9-5-2-6-10-20)28-24-23(26(31)33)21(18-34-24)19-7-3-1-4-8-19/h1-10,18H,12-17H2. The van der Waals surface area contributed by atoms with Crippen molar-refractivity contribution in [3.05, 3.63) is 87.8 Å². The number of amides is 1. The molecule has 3 heterocycles. The third-order valence-electron chi connectivity index (χ3n) is 6.13. The molecule has 7 nitrogen and oxygen atoms in total. The summed E-state index contributed by atoms with van der Waals surface area (Å²) in [6, 6.07) is 21.2. The molecule has 0 radical (unpaired) electrons. The van der Waals surface area contributed by atoms with Gasteiger partial charge in [-0.05, 0) is 17.7 Å². The van der Waals surface area contributed by atoms with E-state index < -0.39 is 0 Å². The van der Waals surface area contributed by atoms with E-state index in [9.17, 15) is 14.9 Å². The van der Waals surface area contributed by atoms with Crippen LogP contribution in [0.1, 0.15) is 16.2 Å². The van der Waals surface area contributed by atoms with Gasteiger partial charge in [0.1, 0.15) is 17.2 Å². The Labute approximate surface area is 201 Å². The van der Waals surface area contributed by atoms with E-state index in [-0.39, 0.29) is 18.0 Å². The number of nitrogens with zero attached hydrogens (tertiary/aromatic N) is 5. The molecule has 0 N–H and O–H groups in total. The van der Waals surface area contributed by atoms with Crippen molar-refractivity contribution >= 4 is 27.5 Å². The second kappa shape index (κ2) is 9.59. The number of aromatic nitrogens is 2. The first-order valence-electron chi connectivity index (χ1n) is 11.2. The number of benzene rings is 2. The quantitative estimate of drug-likeness (QED) is 0.446. The maximum atomic E-state index is 13.4. The Balaban J connectivity index is 1.38. The van der Waals surface area contributed by atoms with Gasteiger partial charge >= 0.3 is 0 Å². The summed E-state index contributed by atoms with van der Waals surface area (Å²) >= 11 is 1.45. The van der Waals surface area contributed by atoms with Crippen LogP contribution < -0.4 is 5.56 Å². The van der Waals surface area contributed by atoms with Crippen molar-refractivity contribution < 1.29 is 4.79 Å². The zero-order valence-electron chi connectivity index (χ0n) is 18.6. The van der Waals surface area contributed by atoms with Gasteiger partial charge in [-0.25, -0.2) is 4.98 Å². The van der Waals surface area contributed by atoms with Crippen LogP contribution in [-0.2, 0) is 13.1 Å². The number of hydrogen-bond donors (Lipinski definition) is 0. The molecule has 1 saturated heterocycles. The van der Waals surface area contributed by atoms with Crippen molar-refractivity contribution in [3.63, 3.8) is 0 Å². The minimum atomic E-state index is -0.181. The van der Waals surface area contributed by atoms with Crippen LogP contribution in [0.25, 0.3) is 21.3 Å². The molecule has 0 saturated carbocycles. The number of thiophene rings is 1. The Morgan fingerprint density at radius 3 is 2.35 bits per heavy atom. The van der Waals surface area contributed by atoms with Crippen molar-refractivity contribution in [2.75, 3.05) is 26.2 Å². The lowest BCUT2D eigenvalue weighted by Gasteiger charge is -2.34. The highest BCUT2D eigenvalue weighted by atomic mass is 32.1. The van der Waals surface area contributed by atoms with Crippen LogP contribution in [0.3, 0.4) is 0 Å². The van der Waals surface area contributed by atoms with Crippen LogP contribution in [0.5, 0.6) is 0 Å². The molecule has 0 aliphatic carbocycles. The lowest BCUT2D eigenvalue weighted by molar-refractivity contribution is 0.0624. The number of carbonyl (C=O) groups is 1. The van der Waals surface area contributed by atoms with Crippen LogP contribution in [0.4, 0.5) is 0 Å².